The summed E-state index contributed by atoms with van der Waals surface area (Å²) in [5.74, 6) is 0.661. The van der Waals surface area contributed by atoms with Gasteiger partial charge in [0.25, 0.3) is 0 Å². The monoisotopic (exact) mass is 366 g/mol. The minimum absolute atomic E-state index is 0.205. The second-order valence-corrected chi connectivity index (χ2v) is 6.35. The van der Waals surface area contributed by atoms with Gasteiger partial charge in [-0.25, -0.2) is 14.8 Å². The van der Waals surface area contributed by atoms with Gasteiger partial charge < -0.3 is 10.6 Å². The first-order chi connectivity index (χ1) is 12.5. The molecule has 1 atom stereocenters. The van der Waals surface area contributed by atoms with Crippen LogP contribution < -0.4 is 10.6 Å². The van der Waals surface area contributed by atoms with Crippen LogP contribution in [0.1, 0.15) is 24.2 Å². The molecule has 26 heavy (non-hydrogen) atoms. The second kappa shape index (κ2) is 7.97. The molecule has 2 N–H and O–H groups in total. The van der Waals surface area contributed by atoms with Crippen molar-refractivity contribution in [3.05, 3.63) is 77.1 Å². The number of nitrogens with zero attached hydrogens (tertiary/aromatic N) is 2. The Morgan fingerprint density at radius 3 is 2.50 bits per heavy atom. The number of hydrogen-bond acceptors (Lipinski definition) is 3. The normalized spacial score (nSPS) is 11.7. The van der Waals surface area contributed by atoms with Gasteiger partial charge in [0.05, 0.1) is 6.04 Å². The van der Waals surface area contributed by atoms with E-state index >= 15 is 0 Å². The number of benzene rings is 2. The molecule has 132 valence electrons. The molecular formula is C20H19ClN4O. The second-order valence-electron chi connectivity index (χ2n) is 5.94. The van der Waals surface area contributed by atoms with Crippen molar-refractivity contribution >= 4 is 23.3 Å². The van der Waals surface area contributed by atoms with Crippen molar-refractivity contribution in [2.75, 3.05) is 5.32 Å². The van der Waals surface area contributed by atoms with Crippen LogP contribution in [0.5, 0.6) is 0 Å². The molecule has 0 spiro atoms. The lowest BCUT2D eigenvalue weighted by atomic mass is 10.1. The van der Waals surface area contributed by atoms with Crippen molar-refractivity contribution in [2.24, 2.45) is 0 Å². The molecule has 1 aromatic heterocycles. The lowest BCUT2D eigenvalue weighted by Gasteiger charge is -2.16. The van der Waals surface area contributed by atoms with Crippen LogP contribution in [0.25, 0.3) is 11.4 Å². The van der Waals surface area contributed by atoms with E-state index in [2.05, 4.69) is 20.6 Å². The summed E-state index contributed by atoms with van der Waals surface area (Å²) in [6, 6.07) is 16.2. The van der Waals surface area contributed by atoms with Crippen LogP contribution in [0.15, 0.2) is 60.8 Å². The van der Waals surface area contributed by atoms with E-state index in [4.69, 9.17) is 11.6 Å². The summed E-state index contributed by atoms with van der Waals surface area (Å²) in [6.45, 7) is 3.81. The molecule has 2 aromatic carbocycles. The number of anilines is 1. The van der Waals surface area contributed by atoms with E-state index in [-0.39, 0.29) is 12.1 Å². The molecule has 0 aliphatic heterocycles. The third-order valence-electron chi connectivity index (χ3n) is 3.92. The number of amides is 2. The van der Waals surface area contributed by atoms with Crippen LogP contribution in [-0.2, 0) is 0 Å². The number of carbonyl (C=O) groups excluding carboxylic acids is 1. The van der Waals surface area contributed by atoms with Crippen LogP contribution >= 0.6 is 11.6 Å². The van der Waals surface area contributed by atoms with Gasteiger partial charge in [-0.15, -0.1) is 0 Å². The lowest BCUT2D eigenvalue weighted by molar-refractivity contribution is 0.249. The third kappa shape index (κ3) is 4.37. The molecule has 0 saturated carbocycles. The summed E-state index contributed by atoms with van der Waals surface area (Å²) in [4.78, 5) is 20.9. The number of rotatable bonds is 4. The van der Waals surface area contributed by atoms with E-state index in [1.54, 1.807) is 12.3 Å². The Kier molecular flexibility index (Phi) is 5.49. The highest BCUT2D eigenvalue weighted by Crippen LogP contribution is 2.22. The van der Waals surface area contributed by atoms with E-state index < -0.39 is 0 Å². The van der Waals surface area contributed by atoms with Crippen LogP contribution in [0.4, 0.5) is 10.5 Å². The van der Waals surface area contributed by atoms with Crippen molar-refractivity contribution < 1.29 is 4.79 Å². The zero-order chi connectivity index (χ0) is 18.5. The Labute approximate surface area is 157 Å². The SMILES string of the molecule is Cc1ccnc(-c2ccc(NC(=O)NC(C)c3ccccc3Cl)cc2)n1. The Morgan fingerprint density at radius 2 is 1.81 bits per heavy atom. The molecule has 3 aromatic rings. The molecular weight excluding hydrogens is 348 g/mol. The van der Waals surface area contributed by atoms with Crippen molar-refractivity contribution in [2.45, 2.75) is 19.9 Å². The van der Waals surface area contributed by atoms with Gasteiger partial charge in [0.15, 0.2) is 5.82 Å². The van der Waals surface area contributed by atoms with Crippen molar-refractivity contribution in [3.63, 3.8) is 0 Å². The van der Waals surface area contributed by atoms with E-state index in [0.29, 0.717) is 16.5 Å². The summed E-state index contributed by atoms with van der Waals surface area (Å²) in [5, 5.41) is 6.33. The largest absolute Gasteiger partial charge is 0.331 e. The first-order valence-corrected chi connectivity index (χ1v) is 8.63. The highest BCUT2D eigenvalue weighted by molar-refractivity contribution is 6.31. The van der Waals surface area contributed by atoms with E-state index in [0.717, 1.165) is 16.8 Å². The number of halogens is 1. The van der Waals surface area contributed by atoms with Crippen molar-refractivity contribution in [3.8, 4) is 11.4 Å². The zero-order valence-corrected chi connectivity index (χ0v) is 15.3. The number of carbonyl (C=O) groups is 1. The summed E-state index contributed by atoms with van der Waals surface area (Å²) >= 11 is 6.17. The van der Waals surface area contributed by atoms with Gasteiger partial charge in [0, 0.05) is 28.2 Å². The number of aromatic nitrogens is 2. The topological polar surface area (TPSA) is 66.9 Å². The molecule has 1 unspecified atom stereocenters. The average molecular weight is 367 g/mol. The zero-order valence-electron chi connectivity index (χ0n) is 14.5. The predicted octanol–water partition coefficient (Wildman–Crippen LogP) is 4.99. The Hall–Kier alpha value is -2.92. The molecule has 0 aliphatic rings. The van der Waals surface area contributed by atoms with Gasteiger partial charge in [-0.1, -0.05) is 29.8 Å². The standard InChI is InChI=1S/C20H19ClN4O/c1-13-11-12-22-19(23-13)15-7-9-16(10-8-15)25-20(26)24-14(2)17-5-3-4-6-18(17)21/h3-12,14H,1-2H3,(H2,24,25,26). The molecule has 0 fully saturated rings. The number of aryl methyl sites for hydroxylation is 1. The third-order valence-corrected chi connectivity index (χ3v) is 4.26. The van der Waals surface area contributed by atoms with E-state index in [1.165, 1.54) is 0 Å². The van der Waals surface area contributed by atoms with Crippen LogP contribution in [0, 0.1) is 6.92 Å². The average Bonchev–Trinajstić information content (AvgIpc) is 2.62. The maximum atomic E-state index is 12.2. The first kappa shape index (κ1) is 17.9. The summed E-state index contributed by atoms with van der Waals surface area (Å²) in [6.07, 6.45) is 1.73. The van der Waals surface area contributed by atoms with Gasteiger partial charge in [-0.2, -0.15) is 0 Å². The molecule has 6 heteroatoms. The molecule has 1 heterocycles. The van der Waals surface area contributed by atoms with Crippen LogP contribution in [0.3, 0.4) is 0 Å². The number of urea groups is 1. The maximum absolute atomic E-state index is 12.2. The summed E-state index contributed by atoms with van der Waals surface area (Å²) < 4.78 is 0. The van der Waals surface area contributed by atoms with Crippen molar-refractivity contribution in [1.29, 1.82) is 0 Å². The van der Waals surface area contributed by atoms with Gasteiger partial charge in [-0.3, -0.25) is 0 Å². The molecule has 0 aliphatic carbocycles. The first-order valence-electron chi connectivity index (χ1n) is 8.25. The Morgan fingerprint density at radius 1 is 1.08 bits per heavy atom. The van der Waals surface area contributed by atoms with Gasteiger partial charge in [0.2, 0.25) is 0 Å². The molecule has 0 saturated heterocycles. The quantitative estimate of drug-likeness (QED) is 0.683. The fourth-order valence-electron chi connectivity index (χ4n) is 2.56. The van der Waals surface area contributed by atoms with Gasteiger partial charge >= 0.3 is 6.03 Å². The summed E-state index contributed by atoms with van der Waals surface area (Å²) in [5.41, 5.74) is 3.36. The van der Waals surface area contributed by atoms with E-state index in [9.17, 15) is 4.79 Å². The van der Waals surface area contributed by atoms with Crippen molar-refractivity contribution in [1.82, 2.24) is 15.3 Å². The Bertz CT molecular complexity index is 912. The molecule has 0 bridgehead atoms. The maximum Gasteiger partial charge on any atom is 0.319 e. The fraction of sp³-hybridized carbons (Fsp3) is 0.150. The highest BCUT2D eigenvalue weighted by atomic mass is 35.5. The molecule has 3 rings (SSSR count). The smallest absolute Gasteiger partial charge is 0.319 e. The van der Waals surface area contributed by atoms with E-state index in [1.807, 2.05) is 62.4 Å². The lowest BCUT2D eigenvalue weighted by Crippen LogP contribution is -2.31. The fourth-order valence-corrected chi connectivity index (χ4v) is 2.86. The molecule has 0 radical (unpaired) electrons. The minimum Gasteiger partial charge on any atom is -0.331 e. The Balaban J connectivity index is 1.64. The molecule has 2 amide bonds. The van der Waals surface area contributed by atoms with Crippen LogP contribution in [0.2, 0.25) is 5.02 Å². The van der Waals surface area contributed by atoms with Crippen LogP contribution in [-0.4, -0.2) is 16.0 Å². The highest BCUT2D eigenvalue weighted by Gasteiger charge is 2.12. The predicted molar refractivity (Wildman–Crippen MR) is 104 cm³/mol. The number of nitrogens with one attached hydrogen (secondary N) is 2. The number of hydrogen-bond donors (Lipinski definition) is 2. The van der Waals surface area contributed by atoms with Gasteiger partial charge in [-0.05, 0) is 55.8 Å². The minimum atomic E-state index is -0.294. The molecule has 5 nitrogen and oxygen atoms in total. The summed E-state index contributed by atoms with van der Waals surface area (Å²) in [7, 11) is 0. The van der Waals surface area contributed by atoms with Gasteiger partial charge in [0.1, 0.15) is 0 Å².